The number of phenolic OH excluding ortho intramolecular Hbond substituents is 2. The van der Waals surface area contributed by atoms with E-state index in [1.165, 1.54) is 31.4 Å². The molecule has 1 aliphatic heterocycles. The predicted octanol–water partition coefficient (Wildman–Crippen LogP) is 3.55. The minimum absolute atomic E-state index is 0.102. The number of rotatable bonds is 3. The Labute approximate surface area is 163 Å². The number of methoxy groups -OCH3 is 1. The largest absolute Gasteiger partial charge is 0.508 e. The number of hydrogen-bond acceptors (Lipinski definition) is 5. The highest BCUT2D eigenvalue weighted by Gasteiger charge is 2.51. The zero-order valence-electron chi connectivity index (χ0n) is 14.2. The van der Waals surface area contributed by atoms with Crippen LogP contribution < -0.4 is 10.1 Å². The van der Waals surface area contributed by atoms with Gasteiger partial charge in [0.2, 0.25) is 5.91 Å². The Hall–Kier alpha value is -3.06. The summed E-state index contributed by atoms with van der Waals surface area (Å²) in [5.41, 5.74) is 1.29. The van der Waals surface area contributed by atoms with Crippen LogP contribution in [0.2, 0.25) is 0 Å². The zero-order chi connectivity index (χ0) is 19.2. The summed E-state index contributed by atoms with van der Waals surface area (Å²) in [4.78, 5) is 17.7. The molecular formula is C20H15BrN2O4. The van der Waals surface area contributed by atoms with E-state index in [4.69, 9.17) is 4.74 Å². The Morgan fingerprint density at radius 2 is 1.52 bits per heavy atom. The minimum atomic E-state index is -1.20. The maximum atomic E-state index is 13.4. The summed E-state index contributed by atoms with van der Waals surface area (Å²) >= 11 is 3.35. The van der Waals surface area contributed by atoms with Crippen molar-refractivity contribution in [2.75, 3.05) is 12.4 Å². The van der Waals surface area contributed by atoms with E-state index in [9.17, 15) is 15.0 Å². The smallest absolute Gasteiger partial charge is 0.244 e. The van der Waals surface area contributed by atoms with Gasteiger partial charge in [-0.25, -0.2) is 4.98 Å². The average Bonchev–Trinajstić information content (AvgIpc) is 2.96. The van der Waals surface area contributed by atoms with Crippen LogP contribution in [0.1, 0.15) is 16.7 Å². The van der Waals surface area contributed by atoms with Gasteiger partial charge in [-0.2, -0.15) is 0 Å². The lowest BCUT2D eigenvalue weighted by Gasteiger charge is -2.29. The van der Waals surface area contributed by atoms with Crippen LogP contribution >= 0.6 is 15.9 Å². The molecule has 0 saturated carbocycles. The molecule has 0 unspecified atom stereocenters. The summed E-state index contributed by atoms with van der Waals surface area (Å²) in [6, 6.07) is 12.9. The molecule has 2 aromatic carbocycles. The molecule has 0 fully saturated rings. The van der Waals surface area contributed by atoms with E-state index in [0.717, 1.165) is 0 Å². The molecule has 3 N–H and O–H groups in total. The molecule has 2 heterocycles. The van der Waals surface area contributed by atoms with Gasteiger partial charge in [0.25, 0.3) is 0 Å². The molecule has 0 saturated heterocycles. The van der Waals surface area contributed by atoms with Crippen molar-refractivity contribution >= 4 is 27.5 Å². The van der Waals surface area contributed by atoms with Gasteiger partial charge >= 0.3 is 0 Å². The monoisotopic (exact) mass is 426 g/mol. The number of halogens is 1. The zero-order valence-corrected chi connectivity index (χ0v) is 15.8. The van der Waals surface area contributed by atoms with Crippen LogP contribution in [0.3, 0.4) is 0 Å². The van der Waals surface area contributed by atoms with E-state index < -0.39 is 5.41 Å². The summed E-state index contributed by atoms with van der Waals surface area (Å²) in [6.07, 6.45) is 1.62. The van der Waals surface area contributed by atoms with Gasteiger partial charge in [0.15, 0.2) is 5.75 Å². The number of nitrogens with one attached hydrogen (secondary N) is 1. The normalized spacial score (nSPS) is 14.5. The molecule has 1 amide bonds. The van der Waals surface area contributed by atoms with Crippen LogP contribution in [0.4, 0.5) is 5.69 Å². The Balaban J connectivity index is 2.08. The number of pyridine rings is 1. The fourth-order valence-corrected chi connectivity index (χ4v) is 4.02. The summed E-state index contributed by atoms with van der Waals surface area (Å²) in [6.45, 7) is 0. The molecule has 7 heteroatoms. The SMILES string of the molecule is COc1c(Br)ncc2c1NC(=O)C2(c1ccc(O)cc1)c1ccc(O)cc1. The van der Waals surface area contributed by atoms with Crippen molar-refractivity contribution in [1.29, 1.82) is 0 Å². The van der Waals surface area contributed by atoms with Gasteiger partial charge in [-0.15, -0.1) is 0 Å². The van der Waals surface area contributed by atoms with Crippen LogP contribution in [-0.4, -0.2) is 28.2 Å². The predicted molar refractivity (Wildman–Crippen MR) is 103 cm³/mol. The number of aromatic nitrogens is 1. The van der Waals surface area contributed by atoms with Crippen molar-refractivity contribution in [1.82, 2.24) is 4.98 Å². The standard InChI is InChI=1S/C20H15BrN2O4/c1-27-17-16-15(10-22-18(17)21)20(19(26)23-16,11-2-6-13(24)7-3-11)12-4-8-14(25)9-5-12/h2-10,24-25H,1H3,(H,23,26). The maximum absolute atomic E-state index is 13.4. The van der Waals surface area contributed by atoms with E-state index in [2.05, 4.69) is 26.2 Å². The lowest BCUT2D eigenvalue weighted by atomic mass is 9.70. The summed E-state index contributed by atoms with van der Waals surface area (Å²) in [5.74, 6) is 0.363. The highest BCUT2D eigenvalue weighted by molar-refractivity contribution is 9.10. The minimum Gasteiger partial charge on any atom is -0.508 e. The van der Waals surface area contributed by atoms with Crippen LogP contribution in [0.5, 0.6) is 17.2 Å². The highest BCUT2D eigenvalue weighted by atomic mass is 79.9. The van der Waals surface area contributed by atoms with Crippen molar-refractivity contribution < 1.29 is 19.7 Å². The Kier molecular flexibility index (Phi) is 4.04. The lowest BCUT2D eigenvalue weighted by molar-refractivity contribution is -0.118. The van der Waals surface area contributed by atoms with Gasteiger partial charge in [-0.05, 0) is 51.3 Å². The third-order valence-corrected chi connectivity index (χ3v) is 5.34. The fourth-order valence-electron chi connectivity index (χ4n) is 3.56. The number of carbonyl (C=O) groups excluding carboxylic acids is 1. The molecular weight excluding hydrogens is 412 g/mol. The number of hydrogen-bond donors (Lipinski definition) is 3. The van der Waals surface area contributed by atoms with Crippen molar-refractivity contribution in [2.24, 2.45) is 0 Å². The molecule has 136 valence electrons. The van der Waals surface area contributed by atoms with E-state index in [1.54, 1.807) is 30.5 Å². The van der Waals surface area contributed by atoms with Crippen molar-refractivity contribution in [3.8, 4) is 17.2 Å². The molecule has 3 aromatic rings. The molecule has 0 aliphatic carbocycles. The van der Waals surface area contributed by atoms with E-state index in [1.807, 2.05) is 0 Å². The average molecular weight is 427 g/mol. The maximum Gasteiger partial charge on any atom is 0.244 e. The van der Waals surface area contributed by atoms with Crippen LogP contribution in [0.15, 0.2) is 59.3 Å². The quantitative estimate of drug-likeness (QED) is 0.557. The molecule has 0 radical (unpaired) electrons. The summed E-state index contributed by atoms with van der Waals surface area (Å²) in [7, 11) is 1.51. The molecule has 4 rings (SSSR count). The number of benzene rings is 2. The van der Waals surface area contributed by atoms with Gasteiger partial charge in [-0.3, -0.25) is 4.79 Å². The van der Waals surface area contributed by atoms with Gasteiger partial charge in [0.05, 0.1) is 12.8 Å². The third kappa shape index (κ3) is 2.46. The topological polar surface area (TPSA) is 91.7 Å². The van der Waals surface area contributed by atoms with Gasteiger partial charge in [-0.1, -0.05) is 24.3 Å². The van der Waals surface area contributed by atoms with Gasteiger partial charge in [0.1, 0.15) is 21.5 Å². The molecule has 6 nitrogen and oxygen atoms in total. The first kappa shape index (κ1) is 17.4. The number of phenols is 2. The summed E-state index contributed by atoms with van der Waals surface area (Å²) < 4.78 is 5.92. The van der Waals surface area contributed by atoms with Crippen LogP contribution in [-0.2, 0) is 10.2 Å². The van der Waals surface area contributed by atoms with Gasteiger partial charge in [0, 0.05) is 11.8 Å². The van der Waals surface area contributed by atoms with Crippen molar-refractivity contribution in [2.45, 2.75) is 5.41 Å². The Bertz CT molecular complexity index is 988. The van der Waals surface area contributed by atoms with Crippen LogP contribution in [0, 0.1) is 0 Å². The highest BCUT2D eigenvalue weighted by Crippen LogP contribution is 2.51. The van der Waals surface area contributed by atoms with Crippen LogP contribution in [0.25, 0.3) is 0 Å². The summed E-state index contributed by atoms with van der Waals surface area (Å²) in [5, 5.41) is 22.3. The van der Waals surface area contributed by atoms with Gasteiger partial charge < -0.3 is 20.3 Å². The lowest BCUT2D eigenvalue weighted by Crippen LogP contribution is -2.37. The number of anilines is 1. The first-order valence-electron chi connectivity index (χ1n) is 8.12. The van der Waals surface area contributed by atoms with Crippen molar-refractivity contribution in [3.63, 3.8) is 0 Å². The molecule has 27 heavy (non-hydrogen) atoms. The molecule has 1 aromatic heterocycles. The number of amides is 1. The fraction of sp³-hybridized carbons (Fsp3) is 0.100. The third-order valence-electron chi connectivity index (χ3n) is 4.78. The van der Waals surface area contributed by atoms with E-state index in [-0.39, 0.29) is 17.4 Å². The first-order chi connectivity index (χ1) is 13.0. The molecule has 0 atom stereocenters. The first-order valence-corrected chi connectivity index (χ1v) is 8.91. The number of aromatic hydroxyl groups is 2. The second kappa shape index (κ2) is 6.28. The number of nitrogens with zero attached hydrogens (tertiary/aromatic N) is 1. The molecule has 1 aliphatic rings. The molecule has 0 bridgehead atoms. The van der Waals surface area contributed by atoms with Crippen molar-refractivity contribution in [3.05, 3.63) is 76.0 Å². The second-order valence-electron chi connectivity index (χ2n) is 6.17. The van der Waals surface area contributed by atoms with E-state index >= 15 is 0 Å². The Morgan fingerprint density at radius 1 is 1.00 bits per heavy atom. The van der Waals surface area contributed by atoms with E-state index in [0.29, 0.717) is 32.7 Å². The second-order valence-corrected chi connectivity index (χ2v) is 6.92. The molecule has 0 spiro atoms. The number of ether oxygens (including phenoxy) is 1. The number of carbonyl (C=O) groups is 1. The Morgan fingerprint density at radius 3 is 2.00 bits per heavy atom. The number of fused-ring (bicyclic) bond motifs is 1.